The molecule has 0 saturated carbocycles. The van der Waals surface area contributed by atoms with E-state index in [1.54, 1.807) is 16.7 Å². The van der Waals surface area contributed by atoms with E-state index in [4.69, 9.17) is 0 Å². The molecule has 2 aliphatic rings. The van der Waals surface area contributed by atoms with Crippen LogP contribution in [0.25, 0.3) is 0 Å². The van der Waals surface area contributed by atoms with Gasteiger partial charge in [0.05, 0.1) is 12.5 Å². The summed E-state index contributed by atoms with van der Waals surface area (Å²) >= 11 is 1.68. The van der Waals surface area contributed by atoms with Crippen molar-refractivity contribution in [2.24, 2.45) is 4.99 Å². The van der Waals surface area contributed by atoms with Gasteiger partial charge in [-0.3, -0.25) is 14.7 Å². The van der Waals surface area contributed by atoms with E-state index in [1.807, 2.05) is 19.1 Å². The molecule has 0 radical (unpaired) electrons. The number of allylic oxidation sites excluding steroid dienone is 1. The molecule has 1 amide bonds. The highest BCUT2D eigenvalue weighted by Gasteiger charge is 2.31. The molecule has 2 heterocycles. The number of thioether (sulfide) groups is 1. The molecule has 4 heteroatoms. The second-order valence-electron chi connectivity index (χ2n) is 3.10. The second-order valence-corrected chi connectivity index (χ2v) is 4.16. The third-order valence-electron chi connectivity index (χ3n) is 2.15. The van der Waals surface area contributed by atoms with Crippen molar-refractivity contribution in [3.63, 3.8) is 0 Å². The van der Waals surface area contributed by atoms with Gasteiger partial charge in [-0.15, -0.1) is 0 Å². The van der Waals surface area contributed by atoms with E-state index in [-0.39, 0.29) is 11.9 Å². The number of rotatable bonds is 1. The fourth-order valence-electron chi connectivity index (χ4n) is 1.55. The Morgan fingerprint density at radius 3 is 3.31 bits per heavy atom. The first-order valence-electron chi connectivity index (χ1n) is 4.45. The number of amides is 1. The first-order valence-corrected chi connectivity index (χ1v) is 5.43. The molecular weight excluding hydrogens is 184 g/mol. The largest absolute Gasteiger partial charge is 0.291 e. The standard InChI is InChI=1S/C9H12N2OS/c1-2-3-7-6-8(12)11-4-5-13-9(11)10-7/h2-3,7H,4-6H2,1H3/b3-2-. The van der Waals surface area contributed by atoms with Gasteiger partial charge < -0.3 is 0 Å². The summed E-state index contributed by atoms with van der Waals surface area (Å²) in [7, 11) is 0. The van der Waals surface area contributed by atoms with Gasteiger partial charge >= 0.3 is 0 Å². The Morgan fingerprint density at radius 2 is 2.54 bits per heavy atom. The van der Waals surface area contributed by atoms with Gasteiger partial charge in [0.15, 0.2) is 5.17 Å². The summed E-state index contributed by atoms with van der Waals surface area (Å²) in [5.41, 5.74) is 0. The normalized spacial score (nSPS) is 28.1. The summed E-state index contributed by atoms with van der Waals surface area (Å²) < 4.78 is 0. The minimum Gasteiger partial charge on any atom is -0.291 e. The maximum Gasteiger partial charge on any atom is 0.231 e. The van der Waals surface area contributed by atoms with Crippen LogP contribution in [0.3, 0.4) is 0 Å². The molecule has 1 fully saturated rings. The highest BCUT2D eigenvalue weighted by atomic mass is 32.2. The summed E-state index contributed by atoms with van der Waals surface area (Å²) in [5, 5.41) is 0.916. The minimum atomic E-state index is 0.0781. The zero-order chi connectivity index (χ0) is 9.26. The fourth-order valence-corrected chi connectivity index (χ4v) is 2.57. The summed E-state index contributed by atoms with van der Waals surface area (Å²) in [6.07, 6.45) is 4.48. The molecule has 70 valence electrons. The first-order chi connectivity index (χ1) is 6.31. The van der Waals surface area contributed by atoms with E-state index < -0.39 is 0 Å². The average molecular weight is 196 g/mol. The molecule has 0 aromatic carbocycles. The third-order valence-corrected chi connectivity index (χ3v) is 3.12. The molecular formula is C9H12N2OS. The lowest BCUT2D eigenvalue weighted by molar-refractivity contribution is -0.127. The number of fused-ring (bicyclic) bond motifs is 1. The van der Waals surface area contributed by atoms with Crippen molar-refractivity contribution < 1.29 is 4.79 Å². The summed E-state index contributed by atoms with van der Waals surface area (Å²) in [6.45, 7) is 2.80. The van der Waals surface area contributed by atoms with Crippen LogP contribution in [0.2, 0.25) is 0 Å². The lowest BCUT2D eigenvalue weighted by atomic mass is 10.1. The monoisotopic (exact) mass is 196 g/mol. The Bertz CT molecular complexity index is 285. The van der Waals surface area contributed by atoms with Crippen molar-refractivity contribution in [3.8, 4) is 0 Å². The Morgan fingerprint density at radius 1 is 1.69 bits per heavy atom. The number of carbonyl (C=O) groups excluding carboxylic acids is 1. The Balaban J connectivity index is 2.21. The van der Waals surface area contributed by atoms with Crippen LogP contribution in [0.1, 0.15) is 13.3 Å². The number of amidine groups is 1. The molecule has 1 unspecified atom stereocenters. The predicted molar refractivity (Wildman–Crippen MR) is 54.8 cm³/mol. The topological polar surface area (TPSA) is 32.7 Å². The summed E-state index contributed by atoms with van der Waals surface area (Å²) in [5.74, 6) is 1.21. The number of aliphatic imine (C=N–C) groups is 1. The Hall–Kier alpha value is -0.770. The quantitative estimate of drug-likeness (QED) is 0.592. The molecule has 2 aliphatic heterocycles. The SMILES string of the molecule is C/C=C\C1CC(=O)N2CCSC2=N1. The second kappa shape index (κ2) is 3.54. The average Bonchev–Trinajstić information content (AvgIpc) is 2.53. The molecule has 3 nitrogen and oxygen atoms in total. The van der Waals surface area contributed by atoms with Crippen LogP contribution in [-0.4, -0.2) is 34.3 Å². The maximum absolute atomic E-state index is 11.6. The van der Waals surface area contributed by atoms with Crippen LogP contribution < -0.4 is 0 Å². The van der Waals surface area contributed by atoms with Crippen molar-refractivity contribution in [1.82, 2.24) is 4.90 Å². The highest BCUT2D eigenvalue weighted by molar-refractivity contribution is 8.14. The van der Waals surface area contributed by atoms with E-state index in [0.717, 1.165) is 17.5 Å². The molecule has 2 rings (SSSR count). The lowest BCUT2D eigenvalue weighted by Crippen LogP contribution is -2.38. The number of hydrogen-bond acceptors (Lipinski definition) is 3. The van der Waals surface area contributed by atoms with Crippen LogP contribution in [0, 0.1) is 0 Å². The Kier molecular flexibility index (Phi) is 2.40. The minimum absolute atomic E-state index is 0.0781. The van der Waals surface area contributed by atoms with Crippen molar-refractivity contribution in [1.29, 1.82) is 0 Å². The van der Waals surface area contributed by atoms with E-state index in [9.17, 15) is 4.79 Å². The van der Waals surface area contributed by atoms with Gasteiger partial charge in [-0.1, -0.05) is 23.9 Å². The first kappa shape index (κ1) is 8.81. The number of carbonyl (C=O) groups is 1. The predicted octanol–water partition coefficient (Wildman–Crippen LogP) is 1.27. The van der Waals surface area contributed by atoms with Crippen LogP contribution in [0.5, 0.6) is 0 Å². The highest BCUT2D eigenvalue weighted by Crippen LogP contribution is 2.24. The molecule has 0 aromatic heterocycles. The van der Waals surface area contributed by atoms with Gasteiger partial charge in [0, 0.05) is 12.3 Å². The Labute approximate surface area is 81.9 Å². The van der Waals surface area contributed by atoms with Gasteiger partial charge in [-0.2, -0.15) is 0 Å². The van der Waals surface area contributed by atoms with Crippen LogP contribution >= 0.6 is 11.8 Å². The molecule has 1 atom stereocenters. The maximum atomic E-state index is 11.6. The van der Waals surface area contributed by atoms with E-state index in [1.165, 1.54) is 0 Å². The zero-order valence-corrected chi connectivity index (χ0v) is 8.38. The molecule has 0 spiro atoms. The molecule has 0 aromatic rings. The fraction of sp³-hybridized carbons (Fsp3) is 0.556. The van der Waals surface area contributed by atoms with Crippen molar-refractivity contribution >= 4 is 22.8 Å². The van der Waals surface area contributed by atoms with Gasteiger partial charge in [-0.05, 0) is 6.92 Å². The van der Waals surface area contributed by atoms with Crippen molar-refractivity contribution in [2.45, 2.75) is 19.4 Å². The van der Waals surface area contributed by atoms with Gasteiger partial charge in [0.2, 0.25) is 5.91 Å². The lowest BCUT2D eigenvalue weighted by Gasteiger charge is -2.23. The zero-order valence-electron chi connectivity index (χ0n) is 7.56. The molecule has 0 aliphatic carbocycles. The van der Waals surface area contributed by atoms with E-state index >= 15 is 0 Å². The summed E-state index contributed by atoms with van der Waals surface area (Å²) in [6, 6.07) is 0.0781. The van der Waals surface area contributed by atoms with Crippen LogP contribution in [-0.2, 0) is 4.79 Å². The van der Waals surface area contributed by atoms with Gasteiger partial charge in [-0.25, -0.2) is 0 Å². The molecule has 0 N–H and O–H groups in total. The van der Waals surface area contributed by atoms with Crippen LogP contribution in [0.15, 0.2) is 17.1 Å². The van der Waals surface area contributed by atoms with Gasteiger partial charge in [0.25, 0.3) is 0 Å². The number of hydrogen-bond donors (Lipinski definition) is 0. The molecule has 0 bridgehead atoms. The summed E-state index contributed by atoms with van der Waals surface area (Å²) in [4.78, 5) is 17.8. The van der Waals surface area contributed by atoms with E-state index in [0.29, 0.717) is 6.42 Å². The number of nitrogens with zero attached hydrogens (tertiary/aromatic N) is 2. The van der Waals surface area contributed by atoms with Crippen molar-refractivity contribution in [2.75, 3.05) is 12.3 Å². The van der Waals surface area contributed by atoms with Gasteiger partial charge in [0.1, 0.15) is 0 Å². The van der Waals surface area contributed by atoms with Crippen LogP contribution in [0.4, 0.5) is 0 Å². The molecule has 13 heavy (non-hydrogen) atoms. The van der Waals surface area contributed by atoms with E-state index in [2.05, 4.69) is 4.99 Å². The smallest absolute Gasteiger partial charge is 0.231 e. The molecule has 1 saturated heterocycles. The third kappa shape index (κ3) is 1.63. The van der Waals surface area contributed by atoms with Crippen molar-refractivity contribution in [3.05, 3.63) is 12.2 Å².